The topological polar surface area (TPSA) is 29.4 Å². The molecule has 0 aromatic carbocycles. The van der Waals surface area contributed by atoms with Crippen molar-refractivity contribution in [1.29, 1.82) is 0 Å². The van der Waals surface area contributed by atoms with E-state index < -0.39 is 0 Å². The quantitative estimate of drug-likeness (QED) is 0.479. The number of ketones is 1. The summed E-state index contributed by atoms with van der Waals surface area (Å²) in [5, 5.41) is 0. The molecular weight excluding hydrogens is 162 g/mol. The molecule has 0 saturated heterocycles. The van der Waals surface area contributed by atoms with Crippen molar-refractivity contribution < 1.29 is 4.79 Å². The Balaban J connectivity index is 4.91. The number of carbonyl (C=O) groups excluding carboxylic acids is 1. The second-order valence-electron chi connectivity index (χ2n) is 2.86. The van der Waals surface area contributed by atoms with Crippen molar-refractivity contribution in [1.82, 2.24) is 0 Å². The number of rotatable bonds is 4. The van der Waals surface area contributed by atoms with E-state index in [1.165, 1.54) is 13.1 Å². The van der Waals surface area contributed by atoms with Crippen LogP contribution in [-0.4, -0.2) is 11.5 Å². The Bertz CT molecular complexity index is 295. The van der Waals surface area contributed by atoms with Crippen molar-refractivity contribution in [2.45, 2.75) is 20.8 Å². The van der Waals surface area contributed by atoms with Crippen LogP contribution in [0.4, 0.5) is 0 Å². The maximum absolute atomic E-state index is 11.0. The first-order valence-electron chi connectivity index (χ1n) is 4.03. The normalized spacial score (nSPS) is 12.5. The third kappa shape index (κ3) is 4.21. The van der Waals surface area contributed by atoms with Crippen LogP contribution in [0.5, 0.6) is 0 Å². The van der Waals surface area contributed by atoms with Gasteiger partial charge < -0.3 is 0 Å². The Morgan fingerprint density at radius 1 is 1.31 bits per heavy atom. The molecule has 0 spiro atoms. The first-order chi connectivity index (χ1) is 5.99. The number of Topliss-reactive ketones (excluding diaryl/α,β-unsaturated/α-hetero) is 1. The maximum atomic E-state index is 11.0. The number of hydrogen-bond acceptors (Lipinski definition) is 2. The van der Waals surface area contributed by atoms with Crippen LogP contribution in [0.1, 0.15) is 20.8 Å². The molecule has 0 bridgehead atoms. The summed E-state index contributed by atoms with van der Waals surface area (Å²) < 4.78 is 0. The van der Waals surface area contributed by atoms with Crippen LogP contribution < -0.4 is 0 Å². The second kappa shape index (κ2) is 5.25. The molecule has 2 heteroatoms. The lowest BCUT2D eigenvalue weighted by molar-refractivity contribution is -0.111. The number of hydrogen-bond donors (Lipinski definition) is 0. The van der Waals surface area contributed by atoms with E-state index in [4.69, 9.17) is 0 Å². The smallest absolute Gasteiger partial charge is 0.178 e. The number of carbonyl (C=O) groups is 1. The van der Waals surface area contributed by atoms with Crippen LogP contribution in [0, 0.1) is 0 Å². The molecule has 0 heterocycles. The summed E-state index contributed by atoms with van der Waals surface area (Å²) >= 11 is 0. The molecule has 0 aromatic rings. The molecule has 0 aliphatic carbocycles. The highest BCUT2D eigenvalue weighted by atomic mass is 16.1. The molecule has 0 unspecified atom stereocenters. The largest absolute Gasteiger partial charge is 0.293 e. The van der Waals surface area contributed by atoms with Crippen molar-refractivity contribution in [3.63, 3.8) is 0 Å². The van der Waals surface area contributed by atoms with Gasteiger partial charge in [-0.3, -0.25) is 9.79 Å². The van der Waals surface area contributed by atoms with Crippen LogP contribution in [0.15, 0.2) is 41.6 Å². The van der Waals surface area contributed by atoms with Gasteiger partial charge in [-0.05, 0) is 25.5 Å². The zero-order valence-electron chi connectivity index (χ0n) is 8.42. The fraction of sp³-hybridized carbons (Fsp3) is 0.273. The van der Waals surface area contributed by atoms with Crippen LogP contribution in [-0.2, 0) is 4.79 Å². The van der Waals surface area contributed by atoms with Gasteiger partial charge in [-0.1, -0.05) is 18.7 Å². The van der Waals surface area contributed by atoms with Gasteiger partial charge in [0.05, 0.1) is 0 Å². The fourth-order valence-electron chi connectivity index (χ4n) is 0.656. The average molecular weight is 177 g/mol. The Labute approximate surface area is 79.4 Å². The van der Waals surface area contributed by atoms with Gasteiger partial charge in [-0.2, -0.15) is 0 Å². The molecular formula is C11H15NO. The molecule has 0 rings (SSSR count). The number of aliphatic imine (C=N–C) groups is 1. The second-order valence-corrected chi connectivity index (χ2v) is 2.86. The van der Waals surface area contributed by atoms with E-state index in [-0.39, 0.29) is 5.78 Å². The van der Waals surface area contributed by atoms with Crippen molar-refractivity contribution >= 4 is 11.5 Å². The SMILES string of the molecule is C=CN=C(/C=C(\C)C(=C)C)C(C)=O. The van der Waals surface area contributed by atoms with Gasteiger partial charge in [0.15, 0.2) is 5.78 Å². The van der Waals surface area contributed by atoms with Crippen molar-refractivity contribution in [2.75, 3.05) is 0 Å². The van der Waals surface area contributed by atoms with Crippen LogP contribution >= 0.6 is 0 Å². The van der Waals surface area contributed by atoms with E-state index in [0.717, 1.165) is 11.1 Å². The van der Waals surface area contributed by atoms with Gasteiger partial charge in [-0.15, -0.1) is 0 Å². The summed E-state index contributed by atoms with van der Waals surface area (Å²) in [6.45, 7) is 12.5. The molecule has 0 aliphatic rings. The van der Waals surface area contributed by atoms with Crippen LogP contribution in [0.2, 0.25) is 0 Å². The van der Waals surface area contributed by atoms with Crippen LogP contribution in [0.3, 0.4) is 0 Å². The molecule has 2 nitrogen and oxygen atoms in total. The third-order valence-corrected chi connectivity index (χ3v) is 1.62. The van der Waals surface area contributed by atoms with E-state index in [9.17, 15) is 4.79 Å². The van der Waals surface area contributed by atoms with Crippen LogP contribution in [0.25, 0.3) is 0 Å². The Morgan fingerprint density at radius 2 is 1.85 bits per heavy atom. The van der Waals surface area contributed by atoms with Gasteiger partial charge >= 0.3 is 0 Å². The van der Waals surface area contributed by atoms with Crippen molar-refractivity contribution in [2.24, 2.45) is 4.99 Å². The lowest BCUT2D eigenvalue weighted by Gasteiger charge is -1.99. The zero-order chi connectivity index (χ0) is 10.4. The molecule has 70 valence electrons. The Hall–Kier alpha value is -1.44. The summed E-state index contributed by atoms with van der Waals surface area (Å²) in [6.07, 6.45) is 3.07. The van der Waals surface area contributed by atoms with Gasteiger partial charge in [0.25, 0.3) is 0 Å². The first-order valence-corrected chi connectivity index (χ1v) is 4.03. The minimum absolute atomic E-state index is 0.0690. The fourth-order valence-corrected chi connectivity index (χ4v) is 0.656. The lowest BCUT2D eigenvalue weighted by Crippen LogP contribution is -2.06. The highest BCUT2D eigenvalue weighted by molar-refractivity contribution is 6.43. The molecule has 13 heavy (non-hydrogen) atoms. The zero-order valence-corrected chi connectivity index (χ0v) is 8.42. The molecule has 0 amide bonds. The Morgan fingerprint density at radius 3 is 2.15 bits per heavy atom. The predicted molar refractivity (Wildman–Crippen MR) is 56.9 cm³/mol. The van der Waals surface area contributed by atoms with E-state index in [2.05, 4.69) is 18.2 Å². The number of nitrogens with zero attached hydrogens (tertiary/aromatic N) is 1. The lowest BCUT2D eigenvalue weighted by atomic mass is 10.1. The first kappa shape index (κ1) is 11.6. The van der Waals surface area contributed by atoms with E-state index in [1.807, 2.05) is 13.8 Å². The molecule has 0 radical (unpaired) electrons. The molecule has 0 aromatic heterocycles. The van der Waals surface area contributed by atoms with Crippen molar-refractivity contribution in [3.05, 3.63) is 36.6 Å². The highest BCUT2D eigenvalue weighted by Gasteiger charge is 2.01. The minimum atomic E-state index is -0.0690. The maximum Gasteiger partial charge on any atom is 0.178 e. The summed E-state index contributed by atoms with van der Waals surface area (Å²) in [7, 11) is 0. The molecule has 0 aliphatic heterocycles. The van der Waals surface area contributed by atoms with Gasteiger partial charge in [0, 0.05) is 13.1 Å². The monoisotopic (exact) mass is 177 g/mol. The van der Waals surface area contributed by atoms with Gasteiger partial charge in [-0.25, -0.2) is 0 Å². The van der Waals surface area contributed by atoms with Gasteiger partial charge in [0.1, 0.15) is 5.71 Å². The summed E-state index contributed by atoms with van der Waals surface area (Å²) in [5.74, 6) is -0.0690. The van der Waals surface area contributed by atoms with Gasteiger partial charge in [0.2, 0.25) is 0 Å². The summed E-state index contributed by atoms with van der Waals surface area (Å²) in [6, 6.07) is 0. The molecule has 0 fully saturated rings. The van der Waals surface area contributed by atoms with E-state index >= 15 is 0 Å². The summed E-state index contributed by atoms with van der Waals surface area (Å²) in [5.41, 5.74) is 2.30. The molecule has 0 saturated carbocycles. The molecule has 0 atom stereocenters. The highest BCUT2D eigenvalue weighted by Crippen LogP contribution is 2.05. The minimum Gasteiger partial charge on any atom is -0.293 e. The summed E-state index contributed by atoms with van der Waals surface area (Å²) in [4.78, 5) is 14.9. The average Bonchev–Trinajstić information content (AvgIpc) is 2.03. The van der Waals surface area contributed by atoms with E-state index in [1.54, 1.807) is 6.08 Å². The third-order valence-electron chi connectivity index (χ3n) is 1.62. The van der Waals surface area contributed by atoms with E-state index in [0.29, 0.717) is 5.71 Å². The standard InChI is InChI=1S/C11H15NO/c1-6-12-11(10(5)13)7-9(4)8(2)3/h6-7H,1-2H2,3-5H3/b9-7+,12-11?. The van der Waals surface area contributed by atoms with Crippen molar-refractivity contribution in [3.8, 4) is 0 Å². The predicted octanol–water partition coefficient (Wildman–Crippen LogP) is 2.68. The Kier molecular flexibility index (Phi) is 4.67. The number of allylic oxidation sites excluding steroid dienone is 3. The molecule has 0 N–H and O–H groups in total.